The molecule has 18 heavy (non-hydrogen) atoms. The predicted molar refractivity (Wildman–Crippen MR) is 71.2 cm³/mol. The van der Waals surface area contributed by atoms with Crippen LogP contribution in [-0.4, -0.2) is 15.6 Å². The van der Waals surface area contributed by atoms with Crippen molar-refractivity contribution in [1.29, 1.82) is 0 Å². The minimum atomic E-state index is -4.25. The molecule has 0 spiro atoms. The molecule has 1 saturated carbocycles. The number of nitrogens with two attached hydrogens (primary N) is 1. The van der Waals surface area contributed by atoms with Gasteiger partial charge in [-0.1, -0.05) is 43.2 Å². The van der Waals surface area contributed by atoms with Crippen molar-refractivity contribution in [2.45, 2.75) is 37.4 Å². The Kier molecular flexibility index (Phi) is 4.23. The summed E-state index contributed by atoms with van der Waals surface area (Å²) in [7, 11) is -4.25. The van der Waals surface area contributed by atoms with Crippen LogP contribution in [0.3, 0.4) is 0 Å². The zero-order valence-electron chi connectivity index (χ0n) is 10.3. The van der Waals surface area contributed by atoms with Crippen molar-refractivity contribution in [3.63, 3.8) is 0 Å². The molecule has 0 aromatic heterocycles. The first-order valence-corrected chi connectivity index (χ1v) is 8.04. The fourth-order valence-corrected chi connectivity index (χ4v) is 3.78. The van der Waals surface area contributed by atoms with Crippen LogP contribution < -0.4 is 5.73 Å². The molecular weight excluding hydrogens is 249 g/mol. The van der Waals surface area contributed by atoms with E-state index in [9.17, 15) is 14.4 Å². The van der Waals surface area contributed by atoms with Crippen molar-refractivity contribution in [3.8, 4) is 0 Å². The molecule has 0 bridgehead atoms. The molecule has 4 N–H and O–H groups in total. The highest BCUT2D eigenvalue weighted by Gasteiger charge is 2.39. The first-order chi connectivity index (χ1) is 8.50. The van der Waals surface area contributed by atoms with Gasteiger partial charge in [-0.3, -0.25) is 4.57 Å². The Morgan fingerprint density at radius 1 is 1.17 bits per heavy atom. The summed E-state index contributed by atoms with van der Waals surface area (Å²) in [6.45, 7) is 0. The van der Waals surface area contributed by atoms with E-state index in [1.807, 2.05) is 30.3 Å². The van der Waals surface area contributed by atoms with E-state index >= 15 is 0 Å². The summed E-state index contributed by atoms with van der Waals surface area (Å²) in [6, 6.07) is 9.52. The third-order valence-corrected chi connectivity index (χ3v) is 4.95. The summed E-state index contributed by atoms with van der Waals surface area (Å²) >= 11 is 0. The molecule has 2 atom stereocenters. The highest BCUT2D eigenvalue weighted by molar-refractivity contribution is 7.52. The van der Waals surface area contributed by atoms with Crippen molar-refractivity contribution < 1.29 is 14.4 Å². The van der Waals surface area contributed by atoms with Crippen LogP contribution >= 0.6 is 7.60 Å². The van der Waals surface area contributed by atoms with Crippen LogP contribution in [0.1, 0.15) is 37.2 Å². The Morgan fingerprint density at radius 3 is 2.22 bits per heavy atom. The fraction of sp³-hybridized carbons (Fsp3) is 0.538. The van der Waals surface area contributed by atoms with E-state index in [-0.39, 0.29) is 11.8 Å². The lowest BCUT2D eigenvalue weighted by molar-refractivity contribution is 0.324. The molecule has 0 unspecified atom stereocenters. The van der Waals surface area contributed by atoms with Crippen LogP contribution in [0.15, 0.2) is 30.3 Å². The van der Waals surface area contributed by atoms with Gasteiger partial charge in [0.15, 0.2) is 0 Å². The molecule has 1 fully saturated rings. The van der Waals surface area contributed by atoms with E-state index in [1.165, 1.54) is 0 Å². The summed E-state index contributed by atoms with van der Waals surface area (Å²) in [5.41, 5.74) is 6.79. The van der Waals surface area contributed by atoms with Crippen LogP contribution in [0.2, 0.25) is 0 Å². The number of rotatable bonds is 4. The highest BCUT2D eigenvalue weighted by atomic mass is 31.2. The Balaban J connectivity index is 2.31. The first kappa shape index (κ1) is 13.8. The number of benzene rings is 1. The zero-order chi connectivity index (χ0) is 13.2. The lowest BCUT2D eigenvalue weighted by atomic mass is 9.85. The molecule has 1 aliphatic carbocycles. The van der Waals surface area contributed by atoms with Crippen molar-refractivity contribution >= 4 is 7.60 Å². The summed E-state index contributed by atoms with van der Waals surface area (Å²) in [4.78, 5) is 18.7. The second-order valence-corrected chi connectivity index (χ2v) is 6.84. The molecular formula is C13H20NO3P. The standard InChI is InChI=1S/C13H20NO3P/c14-13(18(15,16)17)12(11-8-4-5-9-11)10-6-2-1-3-7-10/h1-3,6-7,11-13H,4-5,8-9,14H2,(H2,15,16,17)/t12-,13+/m0/s1. The van der Waals surface area contributed by atoms with Gasteiger partial charge >= 0.3 is 7.60 Å². The highest BCUT2D eigenvalue weighted by Crippen LogP contribution is 2.50. The average Bonchev–Trinajstić information content (AvgIpc) is 2.83. The molecule has 0 amide bonds. The van der Waals surface area contributed by atoms with Crippen molar-refractivity contribution in [2.75, 3.05) is 0 Å². The lowest BCUT2D eigenvalue weighted by Crippen LogP contribution is -2.32. The molecule has 0 heterocycles. The van der Waals surface area contributed by atoms with Crippen molar-refractivity contribution in [3.05, 3.63) is 35.9 Å². The summed E-state index contributed by atoms with van der Waals surface area (Å²) in [5, 5.41) is 0. The smallest absolute Gasteiger partial charge is 0.323 e. The summed E-state index contributed by atoms with van der Waals surface area (Å²) in [5.74, 6) is -1.05. The molecule has 2 rings (SSSR count). The molecule has 1 aromatic carbocycles. The van der Waals surface area contributed by atoms with Crippen molar-refractivity contribution in [2.24, 2.45) is 11.7 Å². The second-order valence-electron chi connectivity index (χ2n) is 5.06. The van der Waals surface area contributed by atoms with Gasteiger partial charge in [-0.2, -0.15) is 0 Å². The third kappa shape index (κ3) is 3.01. The fourth-order valence-electron chi connectivity index (χ4n) is 2.95. The Morgan fingerprint density at radius 2 is 1.72 bits per heavy atom. The second kappa shape index (κ2) is 5.54. The molecule has 4 nitrogen and oxygen atoms in total. The van der Waals surface area contributed by atoms with E-state index < -0.39 is 13.4 Å². The first-order valence-electron chi connectivity index (χ1n) is 6.36. The zero-order valence-corrected chi connectivity index (χ0v) is 11.2. The van der Waals surface area contributed by atoms with Gasteiger partial charge in [-0.15, -0.1) is 0 Å². The maximum atomic E-state index is 11.5. The molecule has 1 aromatic rings. The van der Waals surface area contributed by atoms with E-state index in [4.69, 9.17) is 5.73 Å². The van der Waals surface area contributed by atoms with E-state index in [0.29, 0.717) is 0 Å². The molecule has 1 aliphatic rings. The average molecular weight is 269 g/mol. The van der Waals surface area contributed by atoms with Gasteiger partial charge in [-0.25, -0.2) is 0 Å². The largest absolute Gasteiger partial charge is 0.342 e. The lowest BCUT2D eigenvalue weighted by Gasteiger charge is -2.30. The van der Waals surface area contributed by atoms with Crippen LogP contribution in [0.25, 0.3) is 0 Å². The van der Waals surface area contributed by atoms with Crippen molar-refractivity contribution in [1.82, 2.24) is 0 Å². The van der Waals surface area contributed by atoms with Gasteiger partial charge in [0.05, 0.1) is 0 Å². The topological polar surface area (TPSA) is 83.6 Å². The Hall–Kier alpha value is -0.670. The van der Waals surface area contributed by atoms with Crippen LogP contribution in [0, 0.1) is 5.92 Å². The predicted octanol–water partition coefficient (Wildman–Crippen LogP) is 2.42. The maximum absolute atomic E-state index is 11.5. The quantitative estimate of drug-likeness (QED) is 0.733. The molecule has 0 saturated heterocycles. The van der Waals surface area contributed by atoms with Gasteiger partial charge in [0.25, 0.3) is 0 Å². The Bertz CT molecular complexity index is 425. The van der Waals surface area contributed by atoms with Crippen LogP contribution in [0.4, 0.5) is 0 Å². The monoisotopic (exact) mass is 269 g/mol. The number of hydrogen-bond acceptors (Lipinski definition) is 2. The summed E-state index contributed by atoms with van der Waals surface area (Å²) in [6.07, 6.45) is 4.27. The molecule has 100 valence electrons. The van der Waals surface area contributed by atoms with Gasteiger partial charge in [0, 0.05) is 5.92 Å². The Labute approximate surface area is 107 Å². The number of hydrogen-bond donors (Lipinski definition) is 3. The summed E-state index contributed by atoms with van der Waals surface area (Å²) < 4.78 is 11.5. The van der Waals surface area contributed by atoms with Crippen LogP contribution in [-0.2, 0) is 4.57 Å². The van der Waals surface area contributed by atoms with E-state index in [0.717, 1.165) is 31.2 Å². The van der Waals surface area contributed by atoms with E-state index in [2.05, 4.69) is 0 Å². The van der Waals surface area contributed by atoms with E-state index in [1.54, 1.807) is 0 Å². The minimum absolute atomic E-state index is 0.241. The van der Waals surface area contributed by atoms with Gasteiger partial charge in [0.2, 0.25) is 0 Å². The SMILES string of the molecule is N[C@@H]([C@@H](c1ccccc1)C1CCCC1)P(=O)(O)O. The normalized spacial score (nSPS) is 20.8. The third-order valence-electron chi connectivity index (χ3n) is 3.85. The molecule has 0 aliphatic heterocycles. The van der Waals surface area contributed by atoms with Gasteiger partial charge < -0.3 is 15.5 Å². The minimum Gasteiger partial charge on any atom is -0.323 e. The van der Waals surface area contributed by atoms with Crippen LogP contribution in [0.5, 0.6) is 0 Å². The molecule has 5 heteroatoms. The van der Waals surface area contributed by atoms with Gasteiger partial charge in [-0.05, 0) is 24.3 Å². The van der Waals surface area contributed by atoms with Gasteiger partial charge in [0.1, 0.15) is 5.78 Å². The maximum Gasteiger partial charge on any atom is 0.342 e. The molecule has 0 radical (unpaired) electrons.